The van der Waals surface area contributed by atoms with E-state index in [2.05, 4.69) is 17.0 Å². The van der Waals surface area contributed by atoms with Crippen LogP contribution in [0.5, 0.6) is 5.88 Å². The first-order chi connectivity index (χ1) is 11.7. The molecular formula is C18H19N3O3. The molecule has 0 aliphatic rings. The summed E-state index contributed by atoms with van der Waals surface area (Å²) in [6, 6.07) is 11.8. The standard InChI is InChI=1S/C18H19N3O3/c1-2-5-14-10-21(11-17(22)23)20-18(14)24-12-15-9-8-13-6-3-4-7-16(13)19-15/h3-4,6-10H,2,5,11-12H2,1H3,(H,22,23). The van der Waals surface area contributed by atoms with Gasteiger partial charge in [-0.2, -0.15) is 0 Å². The summed E-state index contributed by atoms with van der Waals surface area (Å²) < 4.78 is 7.20. The van der Waals surface area contributed by atoms with Crippen LogP contribution in [0.25, 0.3) is 10.9 Å². The van der Waals surface area contributed by atoms with E-state index in [9.17, 15) is 4.79 Å². The molecule has 24 heavy (non-hydrogen) atoms. The lowest BCUT2D eigenvalue weighted by molar-refractivity contribution is -0.137. The van der Waals surface area contributed by atoms with Crippen molar-refractivity contribution in [2.45, 2.75) is 32.9 Å². The van der Waals surface area contributed by atoms with Crippen LogP contribution in [0.3, 0.4) is 0 Å². The first kappa shape index (κ1) is 16.0. The maximum absolute atomic E-state index is 10.8. The van der Waals surface area contributed by atoms with Gasteiger partial charge in [0.25, 0.3) is 0 Å². The highest BCUT2D eigenvalue weighted by atomic mass is 16.5. The average Bonchev–Trinajstić information content (AvgIpc) is 2.94. The van der Waals surface area contributed by atoms with Crippen molar-refractivity contribution in [2.75, 3.05) is 0 Å². The lowest BCUT2D eigenvalue weighted by Gasteiger charge is -2.06. The van der Waals surface area contributed by atoms with Crippen molar-refractivity contribution in [3.63, 3.8) is 0 Å². The highest BCUT2D eigenvalue weighted by Gasteiger charge is 2.12. The van der Waals surface area contributed by atoms with Gasteiger partial charge in [-0.05, 0) is 18.6 Å². The van der Waals surface area contributed by atoms with Gasteiger partial charge in [0.15, 0.2) is 0 Å². The quantitative estimate of drug-likeness (QED) is 0.722. The topological polar surface area (TPSA) is 77.2 Å². The van der Waals surface area contributed by atoms with Gasteiger partial charge >= 0.3 is 5.97 Å². The molecule has 0 saturated carbocycles. The molecule has 1 N–H and O–H groups in total. The molecule has 0 spiro atoms. The zero-order valence-corrected chi connectivity index (χ0v) is 13.5. The Morgan fingerprint density at radius 2 is 2.08 bits per heavy atom. The monoisotopic (exact) mass is 325 g/mol. The van der Waals surface area contributed by atoms with E-state index in [1.807, 2.05) is 36.4 Å². The molecule has 0 atom stereocenters. The van der Waals surface area contributed by atoms with Crippen molar-refractivity contribution in [1.29, 1.82) is 0 Å². The van der Waals surface area contributed by atoms with Crippen molar-refractivity contribution in [3.8, 4) is 5.88 Å². The number of nitrogens with zero attached hydrogens (tertiary/aromatic N) is 3. The normalized spacial score (nSPS) is 10.9. The van der Waals surface area contributed by atoms with Gasteiger partial charge in [-0.1, -0.05) is 37.6 Å². The van der Waals surface area contributed by atoms with E-state index < -0.39 is 5.97 Å². The fourth-order valence-electron chi connectivity index (χ4n) is 2.56. The van der Waals surface area contributed by atoms with E-state index in [4.69, 9.17) is 9.84 Å². The van der Waals surface area contributed by atoms with Gasteiger partial charge < -0.3 is 9.84 Å². The molecule has 3 aromatic rings. The van der Waals surface area contributed by atoms with Crippen LogP contribution in [-0.2, 0) is 24.4 Å². The number of hydrogen-bond acceptors (Lipinski definition) is 4. The molecule has 0 fully saturated rings. The summed E-state index contributed by atoms with van der Waals surface area (Å²) >= 11 is 0. The Labute approximate surface area is 139 Å². The molecule has 2 aromatic heterocycles. The number of carboxylic acids is 1. The van der Waals surface area contributed by atoms with Crippen LogP contribution in [0.2, 0.25) is 0 Å². The zero-order valence-electron chi connectivity index (χ0n) is 13.5. The molecule has 2 heterocycles. The Balaban J connectivity index is 1.76. The van der Waals surface area contributed by atoms with E-state index >= 15 is 0 Å². The van der Waals surface area contributed by atoms with Crippen LogP contribution < -0.4 is 4.74 Å². The number of benzene rings is 1. The predicted molar refractivity (Wildman–Crippen MR) is 89.9 cm³/mol. The van der Waals surface area contributed by atoms with Gasteiger partial charge in [0, 0.05) is 17.1 Å². The lowest BCUT2D eigenvalue weighted by atomic mass is 10.2. The number of hydrogen-bond donors (Lipinski definition) is 1. The summed E-state index contributed by atoms with van der Waals surface area (Å²) in [5, 5.41) is 14.2. The third-order valence-corrected chi connectivity index (χ3v) is 3.63. The Bertz CT molecular complexity index is 858. The second kappa shape index (κ2) is 7.12. The van der Waals surface area contributed by atoms with Gasteiger partial charge in [0.2, 0.25) is 5.88 Å². The van der Waals surface area contributed by atoms with Crippen molar-refractivity contribution < 1.29 is 14.6 Å². The summed E-state index contributed by atoms with van der Waals surface area (Å²) in [6.07, 6.45) is 3.46. The predicted octanol–water partition coefficient (Wildman–Crippen LogP) is 3.05. The molecule has 0 radical (unpaired) electrons. The third-order valence-electron chi connectivity index (χ3n) is 3.63. The third kappa shape index (κ3) is 3.71. The molecule has 1 aromatic carbocycles. The number of fused-ring (bicyclic) bond motifs is 1. The minimum absolute atomic E-state index is 0.172. The zero-order chi connectivity index (χ0) is 16.9. The second-order valence-corrected chi connectivity index (χ2v) is 5.58. The molecule has 0 amide bonds. The number of carboxylic acid groups (broad SMARTS) is 1. The lowest BCUT2D eigenvalue weighted by Crippen LogP contribution is -2.09. The Morgan fingerprint density at radius 3 is 2.88 bits per heavy atom. The number of aliphatic carboxylic acids is 1. The summed E-state index contributed by atoms with van der Waals surface area (Å²) in [6.45, 7) is 2.18. The molecule has 3 rings (SSSR count). The minimum atomic E-state index is -0.928. The SMILES string of the molecule is CCCc1cn(CC(=O)O)nc1OCc1ccc2ccccc2n1. The van der Waals surface area contributed by atoms with Crippen molar-refractivity contribution in [1.82, 2.24) is 14.8 Å². The number of ether oxygens (including phenoxy) is 1. The molecular weight excluding hydrogens is 306 g/mol. The summed E-state index contributed by atoms with van der Waals surface area (Å²) in [5.74, 6) is -0.448. The minimum Gasteiger partial charge on any atom is -0.480 e. The second-order valence-electron chi connectivity index (χ2n) is 5.58. The van der Waals surface area contributed by atoms with Gasteiger partial charge in [-0.25, -0.2) is 4.98 Å². The van der Waals surface area contributed by atoms with Crippen LogP contribution in [0.15, 0.2) is 42.6 Å². The van der Waals surface area contributed by atoms with Gasteiger partial charge in [0.1, 0.15) is 13.2 Å². The van der Waals surface area contributed by atoms with Gasteiger partial charge in [0.05, 0.1) is 11.2 Å². The summed E-state index contributed by atoms with van der Waals surface area (Å²) in [7, 11) is 0. The first-order valence-electron chi connectivity index (χ1n) is 7.91. The van der Waals surface area contributed by atoms with E-state index in [1.165, 1.54) is 4.68 Å². The van der Waals surface area contributed by atoms with E-state index in [1.54, 1.807) is 6.20 Å². The van der Waals surface area contributed by atoms with Crippen LogP contribution >= 0.6 is 0 Å². The number of para-hydroxylation sites is 1. The smallest absolute Gasteiger partial charge is 0.325 e. The number of carbonyl (C=O) groups is 1. The number of aryl methyl sites for hydroxylation is 1. The summed E-state index contributed by atoms with van der Waals surface area (Å²) in [5.41, 5.74) is 2.65. The first-order valence-corrected chi connectivity index (χ1v) is 7.91. The maximum atomic E-state index is 10.8. The van der Waals surface area contributed by atoms with E-state index in [-0.39, 0.29) is 6.54 Å². The Hall–Kier alpha value is -2.89. The fraction of sp³-hybridized carbons (Fsp3) is 0.278. The fourth-order valence-corrected chi connectivity index (χ4v) is 2.56. The van der Waals surface area contributed by atoms with Crippen LogP contribution in [0.4, 0.5) is 0 Å². The summed E-state index contributed by atoms with van der Waals surface area (Å²) in [4.78, 5) is 15.4. The molecule has 124 valence electrons. The molecule has 0 bridgehead atoms. The van der Waals surface area contributed by atoms with E-state index in [0.717, 1.165) is 35.0 Å². The largest absolute Gasteiger partial charge is 0.480 e. The molecule has 0 aliphatic heterocycles. The molecule has 0 unspecified atom stereocenters. The number of pyridine rings is 1. The van der Waals surface area contributed by atoms with Crippen molar-refractivity contribution in [3.05, 3.63) is 53.9 Å². The van der Waals surface area contributed by atoms with Crippen molar-refractivity contribution >= 4 is 16.9 Å². The highest BCUT2D eigenvalue weighted by molar-refractivity contribution is 5.78. The highest BCUT2D eigenvalue weighted by Crippen LogP contribution is 2.20. The Morgan fingerprint density at radius 1 is 1.25 bits per heavy atom. The van der Waals surface area contributed by atoms with Gasteiger partial charge in [-0.3, -0.25) is 9.48 Å². The number of aromatic nitrogens is 3. The molecule has 6 heteroatoms. The maximum Gasteiger partial charge on any atom is 0.325 e. The average molecular weight is 325 g/mol. The Kier molecular flexibility index (Phi) is 4.74. The van der Waals surface area contributed by atoms with Crippen LogP contribution in [0.1, 0.15) is 24.6 Å². The van der Waals surface area contributed by atoms with Crippen LogP contribution in [0, 0.1) is 0 Å². The molecule has 0 aliphatic carbocycles. The van der Waals surface area contributed by atoms with Gasteiger partial charge in [-0.15, -0.1) is 5.10 Å². The molecule has 6 nitrogen and oxygen atoms in total. The molecule has 0 saturated heterocycles. The van der Waals surface area contributed by atoms with Crippen molar-refractivity contribution in [2.24, 2.45) is 0 Å². The number of rotatable bonds is 7. The van der Waals surface area contributed by atoms with Crippen LogP contribution in [-0.4, -0.2) is 25.8 Å². The van der Waals surface area contributed by atoms with E-state index in [0.29, 0.717) is 12.5 Å².